The Morgan fingerprint density at radius 2 is 1.83 bits per heavy atom. The minimum Gasteiger partial charge on any atom is -0.490 e. The maximum atomic E-state index is 11.0. The molecule has 150 valence electrons. The van der Waals surface area contributed by atoms with E-state index in [0.717, 1.165) is 78.8 Å². The Balaban J connectivity index is 1.43. The van der Waals surface area contributed by atoms with Crippen LogP contribution in [0.25, 0.3) is 22.2 Å². The van der Waals surface area contributed by atoms with Gasteiger partial charge in [0.2, 0.25) is 6.41 Å². The molecule has 3 aromatic rings. The molecule has 2 aromatic heterocycles. The van der Waals surface area contributed by atoms with Gasteiger partial charge in [-0.3, -0.25) is 14.9 Å². The van der Waals surface area contributed by atoms with E-state index in [0.29, 0.717) is 12.0 Å². The number of rotatable bonds is 5. The molecule has 3 heterocycles. The number of aromatic nitrogens is 3. The summed E-state index contributed by atoms with van der Waals surface area (Å²) in [5, 5.41) is 8.43. The van der Waals surface area contributed by atoms with E-state index in [1.54, 1.807) is 0 Å². The Bertz CT molecular complexity index is 984. The number of carbonyl (C=O) groups excluding carboxylic acids is 1. The van der Waals surface area contributed by atoms with Gasteiger partial charge in [0.1, 0.15) is 5.75 Å². The van der Waals surface area contributed by atoms with Gasteiger partial charge < -0.3 is 9.64 Å². The molecule has 1 saturated carbocycles. The molecule has 5 rings (SSSR count). The van der Waals surface area contributed by atoms with Crippen molar-refractivity contribution in [3.63, 3.8) is 0 Å². The van der Waals surface area contributed by atoms with Crippen molar-refractivity contribution in [2.75, 3.05) is 13.1 Å². The quantitative estimate of drug-likeness (QED) is 0.660. The maximum Gasteiger partial charge on any atom is 0.209 e. The highest BCUT2D eigenvalue weighted by molar-refractivity contribution is 5.91. The summed E-state index contributed by atoms with van der Waals surface area (Å²) in [6, 6.07) is 10.4. The molecule has 29 heavy (non-hydrogen) atoms. The second kappa shape index (κ2) is 7.85. The van der Waals surface area contributed by atoms with E-state index < -0.39 is 0 Å². The number of hydrogen-bond donors (Lipinski definition) is 1. The van der Waals surface area contributed by atoms with Gasteiger partial charge in [-0.2, -0.15) is 5.10 Å². The first-order chi connectivity index (χ1) is 14.3. The monoisotopic (exact) mass is 390 g/mol. The summed E-state index contributed by atoms with van der Waals surface area (Å²) < 4.78 is 6.10. The SMILES string of the molecule is O=CN1CCC(c2cc3cn[nH]c3c(-c3ccc(OC4CCCC4)cc3)n2)CC1. The van der Waals surface area contributed by atoms with E-state index in [9.17, 15) is 4.79 Å². The minimum absolute atomic E-state index is 0.360. The topological polar surface area (TPSA) is 71.1 Å². The van der Waals surface area contributed by atoms with Gasteiger partial charge in [-0.15, -0.1) is 0 Å². The fraction of sp³-hybridized carbons (Fsp3) is 0.435. The number of aromatic amines is 1. The molecule has 1 N–H and O–H groups in total. The van der Waals surface area contributed by atoms with Crippen LogP contribution in [-0.2, 0) is 4.79 Å². The number of benzene rings is 1. The Morgan fingerprint density at radius 3 is 2.55 bits per heavy atom. The molecule has 1 aliphatic heterocycles. The average Bonchev–Trinajstić information content (AvgIpc) is 3.45. The summed E-state index contributed by atoms with van der Waals surface area (Å²) in [4.78, 5) is 17.9. The number of likely N-dealkylation sites (tertiary alicyclic amines) is 1. The molecule has 0 spiro atoms. The number of H-pyrrole nitrogens is 1. The van der Waals surface area contributed by atoms with Gasteiger partial charge in [0.05, 0.1) is 23.5 Å². The number of hydrogen-bond acceptors (Lipinski definition) is 4. The van der Waals surface area contributed by atoms with Gasteiger partial charge in [-0.25, -0.2) is 0 Å². The van der Waals surface area contributed by atoms with E-state index in [4.69, 9.17) is 9.72 Å². The predicted molar refractivity (Wildman–Crippen MR) is 112 cm³/mol. The number of carbonyl (C=O) groups is 1. The molecule has 0 bridgehead atoms. The van der Waals surface area contributed by atoms with Gasteiger partial charge >= 0.3 is 0 Å². The molecule has 1 amide bonds. The van der Waals surface area contributed by atoms with Crippen LogP contribution in [0.3, 0.4) is 0 Å². The Labute approximate surface area is 170 Å². The fourth-order valence-corrected chi connectivity index (χ4v) is 4.58. The van der Waals surface area contributed by atoms with Crippen LogP contribution in [0, 0.1) is 0 Å². The van der Waals surface area contributed by atoms with Crippen LogP contribution in [0.1, 0.15) is 50.1 Å². The van der Waals surface area contributed by atoms with Gasteiger partial charge in [-0.05, 0) is 68.9 Å². The van der Waals surface area contributed by atoms with E-state index in [2.05, 4.69) is 28.4 Å². The lowest BCUT2D eigenvalue weighted by molar-refractivity contribution is -0.119. The van der Waals surface area contributed by atoms with E-state index in [-0.39, 0.29) is 0 Å². The molecule has 0 atom stereocenters. The lowest BCUT2D eigenvalue weighted by atomic mass is 9.92. The van der Waals surface area contributed by atoms with Crippen LogP contribution >= 0.6 is 0 Å². The van der Waals surface area contributed by atoms with Crippen molar-refractivity contribution in [3.8, 4) is 17.0 Å². The number of nitrogens with one attached hydrogen (secondary N) is 1. The average molecular weight is 390 g/mol. The van der Waals surface area contributed by atoms with Gasteiger partial charge in [0, 0.05) is 35.7 Å². The summed E-state index contributed by atoms with van der Waals surface area (Å²) >= 11 is 0. The smallest absolute Gasteiger partial charge is 0.209 e. The van der Waals surface area contributed by atoms with Crippen molar-refractivity contribution in [2.45, 2.75) is 50.5 Å². The zero-order valence-electron chi connectivity index (χ0n) is 16.5. The molecule has 2 fully saturated rings. The number of fused-ring (bicyclic) bond motifs is 1. The van der Waals surface area contributed by atoms with Crippen molar-refractivity contribution < 1.29 is 9.53 Å². The lowest BCUT2D eigenvalue weighted by Crippen LogP contribution is -2.31. The maximum absolute atomic E-state index is 11.0. The van der Waals surface area contributed by atoms with Crippen LogP contribution in [0.2, 0.25) is 0 Å². The largest absolute Gasteiger partial charge is 0.490 e. The summed E-state index contributed by atoms with van der Waals surface area (Å²) in [5.41, 5.74) is 4.04. The van der Waals surface area contributed by atoms with Crippen molar-refractivity contribution in [3.05, 3.63) is 42.2 Å². The Kier molecular flexibility index (Phi) is 4.92. The standard InChI is InChI=1S/C23H26N4O2/c28-15-27-11-9-16(10-12-27)21-13-18-14-24-26-23(18)22(25-21)17-5-7-20(8-6-17)29-19-3-1-2-4-19/h5-8,13-16,19H,1-4,9-12H2,(H,24,26). The molecule has 0 radical (unpaired) electrons. The molecular weight excluding hydrogens is 364 g/mol. The van der Waals surface area contributed by atoms with Crippen LogP contribution in [0.5, 0.6) is 5.75 Å². The number of ether oxygens (including phenoxy) is 1. The van der Waals surface area contributed by atoms with Crippen LogP contribution < -0.4 is 4.74 Å². The Morgan fingerprint density at radius 1 is 1.07 bits per heavy atom. The summed E-state index contributed by atoms with van der Waals surface area (Å²) in [5.74, 6) is 1.30. The summed E-state index contributed by atoms with van der Waals surface area (Å²) in [6.07, 6.45) is 9.91. The molecule has 6 heteroatoms. The van der Waals surface area contributed by atoms with Gasteiger partial charge in [-0.1, -0.05) is 0 Å². The highest BCUT2D eigenvalue weighted by Gasteiger charge is 2.23. The number of nitrogens with zero attached hydrogens (tertiary/aromatic N) is 3. The first-order valence-electron chi connectivity index (χ1n) is 10.6. The Hall–Kier alpha value is -2.89. The third kappa shape index (κ3) is 3.71. The van der Waals surface area contributed by atoms with Crippen LogP contribution in [0.15, 0.2) is 36.5 Å². The molecular formula is C23H26N4O2. The molecule has 0 unspecified atom stereocenters. The second-order valence-electron chi connectivity index (χ2n) is 8.19. The first kappa shape index (κ1) is 18.2. The molecule has 6 nitrogen and oxygen atoms in total. The first-order valence-corrected chi connectivity index (χ1v) is 10.6. The third-order valence-electron chi connectivity index (χ3n) is 6.28. The molecule has 1 aromatic carbocycles. The highest BCUT2D eigenvalue weighted by atomic mass is 16.5. The van der Waals surface area contributed by atoms with Crippen molar-refractivity contribution in [1.29, 1.82) is 0 Å². The summed E-state index contributed by atoms with van der Waals surface area (Å²) in [7, 11) is 0. The number of piperidine rings is 1. The van der Waals surface area contributed by atoms with Crippen molar-refractivity contribution >= 4 is 17.3 Å². The third-order valence-corrected chi connectivity index (χ3v) is 6.28. The highest BCUT2D eigenvalue weighted by Crippen LogP contribution is 2.33. The van der Waals surface area contributed by atoms with Gasteiger partial charge in [0.15, 0.2) is 0 Å². The molecule has 1 aliphatic carbocycles. The van der Waals surface area contributed by atoms with Crippen LogP contribution in [-0.4, -0.2) is 45.7 Å². The molecule has 2 aliphatic rings. The second-order valence-corrected chi connectivity index (χ2v) is 8.19. The normalized spacial score (nSPS) is 18.4. The zero-order chi connectivity index (χ0) is 19.6. The van der Waals surface area contributed by atoms with Gasteiger partial charge in [0.25, 0.3) is 0 Å². The van der Waals surface area contributed by atoms with E-state index >= 15 is 0 Å². The molecule has 1 saturated heterocycles. The van der Waals surface area contributed by atoms with Crippen LogP contribution in [0.4, 0.5) is 0 Å². The van der Waals surface area contributed by atoms with E-state index in [1.165, 1.54) is 12.8 Å². The number of amides is 1. The lowest BCUT2D eigenvalue weighted by Gasteiger charge is -2.29. The minimum atomic E-state index is 0.360. The van der Waals surface area contributed by atoms with Crippen molar-refractivity contribution in [2.24, 2.45) is 0 Å². The predicted octanol–water partition coefficient (Wildman–Crippen LogP) is 4.28. The number of pyridine rings is 1. The van der Waals surface area contributed by atoms with E-state index in [1.807, 2.05) is 23.2 Å². The van der Waals surface area contributed by atoms with Crippen molar-refractivity contribution in [1.82, 2.24) is 20.1 Å². The summed E-state index contributed by atoms with van der Waals surface area (Å²) in [6.45, 7) is 1.59. The fourth-order valence-electron chi connectivity index (χ4n) is 4.58. The zero-order valence-corrected chi connectivity index (χ0v) is 16.5.